The minimum Gasteiger partial charge on any atom is -0.493 e. The third-order valence-corrected chi connectivity index (χ3v) is 6.95. The molecule has 3 aromatic rings. The topological polar surface area (TPSA) is 115 Å². The minimum absolute atomic E-state index is 0.210. The van der Waals surface area contributed by atoms with Gasteiger partial charge >= 0.3 is 11.9 Å². The van der Waals surface area contributed by atoms with Gasteiger partial charge < -0.3 is 23.7 Å². The van der Waals surface area contributed by atoms with Crippen molar-refractivity contribution < 1.29 is 33.3 Å². The predicted molar refractivity (Wildman–Crippen MR) is 144 cm³/mol. The van der Waals surface area contributed by atoms with Gasteiger partial charge in [0.25, 0.3) is 5.56 Å². The largest absolute Gasteiger partial charge is 0.493 e. The van der Waals surface area contributed by atoms with Gasteiger partial charge in [0.2, 0.25) is 0 Å². The average molecular weight is 553 g/mol. The average Bonchev–Trinajstić information content (AvgIpc) is 3.22. The first kappa shape index (κ1) is 27.6. The van der Waals surface area contributed by atoms with Crippen molar-refractivity contribution in [3.8, 4) is 23.0 Å². The first-order valence-corrected chi connectivity index (χ1v) is 12.8. The quantitative estimate of drug-likeness (QED) is 0.310. The Labute approximate surface area is 228 Å². The molecule has 1 aliphatic heterocycles. The van der Waals surface area contributed by atoms with Gasteiger partial charge in [-0.05, 0) is 55.3 Å². The van der Waals surface area contributed by atoms with Gasteiger partial charge in [-0.1, -0.05) is 23.5 Å². The van der Waals surface area contributed by atoms with Crippen LogP contribution in [0.15, 0.2) is 57.5 Å². The lowest BCUT2D eigenvalue weighted by molar-refractivity contribution is -0.136. The summed E-state index contributed by atoms with van der Waals surface area (Å²) >= 11 is 1.20. The van der Waals surface area contributed by atoms with E-state index in [9.17, 15) is 14.4 Å². The van der Waals surface area contributed by atoms with Crippen molar-refractivity contribution in [1.29, 1.82) is 0 Å². The van der Waals surface area contributed by atoms with Crippen molar-refractivity contribution in [3.05, 3.63) is 78.5 Å². The number of benzene rings is 2. The number of thiazole rings is 1. The number of carbonyl (C=O) groups is 2. The zero-order chi connectivity index (χ0) is 28.3. The van der Waals surface area contributed by atoms with Crippen LogP contribution in [0.1, 0.15) is 37.9 Å². The van der Waals surface area contributed by atoms with Crippen LogP contribution in [-0.4, -0.2) is 44.4 Å². The molecule has 0 N–H and O–H groups in total. The van der Waals surface area contributed by atoms with Crippen LogP contribution < -0.4 is 33.8 Å². The number of hydrogen-bond donors (Lipinski definition) is 0. The molecule has 10 nitrogen and oxygen atoms in total. The maximum atomic E-state index is 13.8. The molecule has 0 bridgehead atoms. The Morgan fingerprint density at radius 1 is 1.03 bits per heavy atom. The van der Waals surface area contributed by atoms with Crippen molar-refractivity contribution in [2.24, 2.45) is 4.99 Å². The highest BCUT2D eigenvalue weighted by Crippen LogP contribution is 2.36. The summed E-state index contributed by atoms with van der Waals surface area (Å²) in [4.78, 5) is 43.2. The number of carbonyl (C=O) groups excluding carboxylic acids is 2. The molecular formula is C28H28N2O8S. The van der Waals surface area contributed by atoms with Crippen molar-refractivity contribution in [2.75, 3.05) is 27.9 Å². The van der Waals surface area contributed by atoms with Crippen molar-refractivity contribution >= 4 is 29.4 Å². The molecule has 1 aromatic heterocycles. The maximum Gasteiger partial charge on any atom is 0.338 e. The molecule has 204 valence electrons. The summed E-state index contributed by atoms with van der Waals surface area (Å²) in [5.74, 6) is 0.500. The number of rotatable bonds is 8. The highest BCUT2D eigenvalue weighted by Gasteiger charge is 2.33. The minimum atomic E-state index is -0.856. The van der Waals surface area contributed by atoms with Gasteiger partial charge in [-0.25, -0.2) is 9.79 Å². The molecular weight excluding hydrogens is 524 g/mol. The zero-order valence-electron chi connectivity index (χ0n) is 22.4. The second kappa shape index (κ2) is 11.6. The van der Waals surface area contributed by atoms with Gasteiger partial charge in [-0.2, -0.15) is 0 Å². The monoisotopic (exact) mass is 552 g/mol. The number of fused-ring (bicyclic) bond motifs is 1. The molecule has 0 saturated heterocycles. The molecule has 11 heteroatoms. The molecule has 2 heterocycles. The number of hydrogen-bond acceptors (Lipinski definition) is 10. The van der Waals surface area contributed by atoms with E-state index in [-0.39, 0.29) is 22.6 Å². The van der Waals surface area contributed by atoms with Gasteiger partial charge in [0.1, 0.15) is 0 Å². The van der Waals surface area contributed by atoms with E-state index in [1.165, 1.54) is 37.0 Å². The van der Waals surface area contributed by atoms with Crippen LogP contribution in [0.4, 0.5) is 0 Å². The summed E-state index contributed by atoms with van der Waals surface area (Å²) < 4.78 is 28.6. The van der Waals surface area contributed by atoms with Crippen LogP contribution in [-0.2, 0) is 14.3 Å². The lowest BCUT2D eigenvalue weighted by Gasteiger charge is -2.25. The molecule has 0 radical (unpaired) electrons. The van der Waals surface area contributed by atoms with E-state index in [4.69, 9.17) is 23.7 Å². The van der Waals surface area contributed by atoms with E-state index in [0.29, 0.717) is 38.7 Å². The molecule has 0 aliphatic carbocycles. The summed E-state index contributed by atoms with van der Waals surface area (Å²) in [6.07, 6.45) is 1.74. The zero-order valence-corrected chi connectivity index (χ0v) is 23.2. The smallest absolute Gasteiger partial charge is 0.338 e. The lowest BCUT2D eigenvalue weighted by Crippen LogP contribution is -2.39. The Balaban J connectivity index is 1.92. The highest BCUT2D eigenvalue weighted by atomic mass is 32.1. The highest BCUT2D eigenvalue weighted by molar-refractivity contribution is 7.07. The van der Waals surface area contributed by atoms with Crippen molar-refractivity contribution in [2.45, 2.75) is 26.8 Å². The Kier molecular flexibility index (Phi) is 8.20. The fourth-order valence-electron chi connectivity index (χ4n) is 4.30. The Morgan fingerprint density at radius 2 is 1.72 bits per heavy atom. The molecule has 0 saturated carbocycles. The molecule has 1 aliphatic rings. The fraction of sp³-hybridized carbons (Fsp3) is 0.286. The molecule has 0 fully saturated rings. The van der Waals surface area contributed by atoms with Gasteiger partial charge in [0.15, 0.2) is 27.8 Å². The van der Waals surface area contributed by atoms with Crippen LogP contribution in [0.5, 0.6) is 23.0 Å². The van der Waals surface area contributed by atoms with Crippen LogP contribution >= 0.6 is 11.3 Å². The normalized spacial score (nSPS) is 14.8. The van der Waals surface area contributed by atoms with Crippen LogP contribution in [0.2, 0.25) is 0 Å². The molecule has 1 atom stereocenters. The number of allylic oxidation sites excluding steroid dienone is 1. The standard InChI is InChI=1S/C28H28N2O8S/c1-7-37-19-10-8-17(12-21(19)34-4)13-23-26(32)30-25(24(27(33)36-6)15(2)29-28(30)39-23)18-9-11-20(38-16(3)31)22(14-18)35-5/h8-14,25H,7H2,1-6H3/b23-13+. The van der Waals surface area contributed by atoms with E-state index in [1.54, 1.807) is 50.4 Å². The van der Waals surface area contributed by atoms with Crippen LogP contribution in [0.25, 0.3) is 6.08 Å². The van der Waals surface area contributed by atoms with Gasteiger partial charge in [0, 0.05) is 6.92 Å². The summed E-state index contributed by atoms with van der Waals surface area (Å²) in [5.41, 5.74) is 1.57. The Bertz CT molecular complexity index is 1650. The van der Waals surface area contributed by atoms with Gasteiger partial charge in [-0.3, -0.25) is 14.2 Å². The SMILES string of the molecule is CCOc1ccc(/C=c2/sc3n(c2=O)C(c2ccc(OC(C)=O)c(OC)c2)C(C(=O)OC)=C(C)N=3)cc1OC. The lowest BCUT2D eigenvalue weighted by atomic mass is 9.95. The number of nitrogens with zero attached hydrogens (tertiary/aromatic N) is 2. The second-order valence-electron chi connectivity index (χ2n) is 8.42. The molecule has 2 aromatic carbocycles. The molecule has 0 spiro atoms. The number of esters is 2. The van der Waals surface area contributed by atoms with E-state index in [2.05, 4.69) is 4.99 Å². The van der Waals surface area contributed by atoms with Crippen LogP contribution in [0.3, 0.4) is 0 Å². The number of methoxy groups -OCH3 is 3. The Hall–Kier alpha value is -4.38. The third kappa shape index (κ3) is 5.44. The summed E-state index contributed by atoms with van der Waals surface area (Å²) in [7, 11) is 4.26. The van der Waals surface area contributed by atoms with Gasteiger partial charge in [0.05, 0.1) is 49.8 Å². The first-order valence-electron chi connectivity index (χ1n) is 12.0. The predicted octanol–water partition coefficient (Wildman–Crippen LogP) is 2.75. The van der Waals surface area contributed by atoms with Crippen molar-refractivity contribution in [3.63, 3.8) is 0 Å². The molecule has 1 unspecified atom stereocenters. The second-order valence-corrected chi connectivity index (χ2v) is 9.43. The fourth-order valence-corrected chi connectivity index (χ4v) is 5.35. The first-order chi connectivity index (χ1) is 18.7. The summed E-state index contributed by atoms with van der Waals surface area (Å²) in [5, 5.41) is 0. The van der Waals surface area contributed by atoms with E-state index < -0.39 is 18.0 Å². The summed E-state index contributed by atoms with van der Waals surface area (Å²) in [6, 6.07) is 9.38. The van der Waals surface area contributed by atoms with E-state index in [1.807, 2.05) is 13.0 Å². The van der Waals surface area contributed by atoms with Crippen LogP contribution in [0, 0.1) is 0 Å². The molecule has 39 heavy (non-hydrogen) atoms. The Morgan fingerprint density at radius 3 is 2.36 bits per heavy atom. The summed E-state index contributed by atoms with van der Waals surface area (Å²) in [6.45, 7) is 5.35. The van der Waals surface area contributed by atoms with E-state index in [0.717, 1.165) is 5.56 Å². The van der Waals surface area contributed by atoms with Gasteiger partial charge in [-0.15, -0.1) is 0 Å². The maximum absolute atomic E-state index is 13.8. The molecule has 4 rings (SSSR count). The van der Waals surface area contributed by atoms with Crippen molar-refractivity contribution in [1.82, 2.24) is 4.57 Å². The third-order valence-electron chi connectivity index (χ3n) is 5.97. The molecule has 0 amide bonds. The number of ether oxygens (including phenoxy) is 5. The number of aromatic nitrogens is 1. The van der Waals surface area contributed by atoms with E-state index >= 15 is 0 Å².